The molecule has 0 nitrogen and oxygen atoms in total. The molecule has 0 aromatic heterocycles. The molecule has 0 atom stereocenters. The van der Waals surface area contributed by atoms with Crippen molar-refractivity contribution in [3.63, 3.8) is 0 Å². The minimum Gasteiger partial charge on any atom is -0.206 e. The summed E-state index contributed by atoms with van der Waals surface area (Å²) in [4.78, 5) is 0. The zero-order valence-corrected chi connectivity index (χ0v) is 7.53. The van der Waals surface area contributed by atoms with Crippen LogP contribution in [0.5, 0.6) is 0 Å². The summed E-state index contributed by atoms with van der Waals surface area (Å²) in [7, 11) is 0. The molecule has 0 spiro atoms. The Labute approximate surface area is 96.8 Å². The van der Waals surface area contributed by atoms with E-state index in [1.807, 2.05) is 0 Å². The Kier molecular flexibility index (Phi) is 0.802. The molecule has 0 saturated carbocycles. The van der Waals surface area contributed by atoms with Gasteiger partial charge in [0.25, 0.3) is 0 Å². The molecule has 1 heteroatoms. The highest BCUT2D eigenvalue weighted by Gasteiger charge is 2.01. The Morgan fingerprint density at radius 1 is 0.800 bits per heavy atom. The minimum absolute atomic E-state index is 0.0519. The van der Waals surface area contributed by atoms with Crippen molar-refractivity contribution >= 4 is 21.5 Å². The van der Waals surface area contributed by atoms with Gasteiger partial charge in [-0.15, -0.1) is 0 Å². The number of fused-ring (bicyclic) bond motifs is 2. The first-order chi connectivity index (χ1) is 10.3. The lowest BCUT2D eigenvalue weighted by atomic mass is 10.0. The highest BCUT2D eigenvalue weighted by atomic mass is 19.1. The highest BCUT2D eigenvalue weighted by molar-refractivity contribution is 5.98. The van der Waals surface area contributed by atoms with Crippen molar-refractivity contribution in [2.75, 3.05) is 0 Å². The third-order valence-corrected chi connectivity index (χ3v) is 2.22. The van der Waals surface area contributed by atoms with Crippen LogP contribution in [0, 0.1) is 5.82 Å². The van der Waals surface area contributed by atoms with Gasteiger partial charge < -0.3 is 0 Å². The fourth-order valence-electron chi connectivity index (χ4n) is 1.51. The first-order valence-corrected chi connectivity index (χ1v) is 4.34. The summed E-state index contributed by atoms with van der Waals surface area (Å²) >= 11 is 0. The summed E-state index contributed by atoms with van der Waals surface area (Å²) in [5.41, 5.74) is 0. The molecule has 15 heavy (non-hydrogen) atoms. The van der Waals surface area contributed by atoms with Gasteiger partial charge >= 0.3 is 0 Å². The Morgan fingerprint density at radius 3 is 2.27 bits per heavy atom. The fourth-order valence-corrected chi connectivity index (χ4v) is 1.51. The fraction of sp³-hybridized carbons (Fsp3) is 0. The van der Waals surface area contributed by atoms with Crippen LogP contribution < -0.4 is 0 Å². The molecule has 0 aliphatic heterocycles. The van der Waals surface area contributed by atoms with E-state index in [-0.39, 0.29) is 39.7 Å². The monoisotopic (exact) mass is 203 g/mol. The summed E-state index contributed by atoms with van der Waals surface area (Å²) in [6, 6.07) is -0.500. The van der Waals surface area contributed by atoms with E-state index in [4.69, 9.17) is 9.60 Å². The maximum atomic E-state index is 14.2. The van der Waals surface area contributed by atoms with Crippen molar-refractivity contribution in [3.8, 4) is 0 Å². The van der Waals surface area contributed by atoms with Crippen molar-refractivity contribution in [1.29, 1.82) is 0 Å². The predicted octanol–water partition coefficient (Wildman–Crippen LogP) is 4.13. The van der Waals surface area contributed by atoms with Crippen LogP contribution in [0.2, 0.25) is 0 Å². The van der Waals surface area contributed by atoms with E-state index in [1.165, 1.54) is 12.1 Å². The number of hydrogen-bond donors (Lipinski definition) is 0. The molecule has 0 unspecified atom stereocenters. The summed E-state index contributed by atoms with van der Waals surface area (Å²) in [5, 5.41) is 0.233. The molecule has 0 heterocycles. The largest absolute Gasteiger partial charge is 0.206 e. The highest BCUT2D eigenvalue weighted by Crippen LogP contribution is 2.24. The van der Waals surface area contributed by atoms with Gasteiger partial charge in [0, 0.05) is 5.39 Å². The maximum Gasteiger partial charge on any atom is 0.131 e. The molecule has 0 fully saturated rings. The normalized spacial score (nSPS) is 17.5. The van der Waals surface area contributed by atoms with Crippen LogP contribution in [0.15, 0.2) is 54.4 Å². The molecular weight excluding hydrogens is 187 g/mol. The summed E-state index contributed by atoms with van der Waals surface area (Å²) in [5.74, 6) is -0.967. The number of benzene rings is 3. The molecule has 0 N–H and O–H groups in total. The van der Waals surface area contributed by atoms with Crippen LogP contribution in [0.1, 0.15) is 9.60 Å². The SMILES string of the molecule is [2H]c1c([2H])c([2H])c2cc3c(F)c([2H])c([2H])c([2H])c3cc2c1[2H]. The lowest BCUT2D eigenvalue weighted by Crippen LogP contribution is -1.80. The Hall–Kier alpha value is -1.89. The Morgan fingerprint density at radius 2 is 1.47 bits per heavy atom. The van der Waals surface area contributed by atoms with Crippen LogP contribution in [0.4, 0.5) is 4.39 Å². The zero-order chi connectivity index (χ0) is 16.3. The maximum absolute atomic E-state index is 14.2. The van der Waals surface area contributed by atoms with E-state index < -0.39 is 30.0 Å². The van der Waals surface area contributed by atoms with Crippen molar-refractivity contribution < 1.29 is 14.0 Å². The van der Waals surface area contributed by atoms with Crippen molar-refractivity contribution in [2.24, 2.45) is 0 Å². The number of hydrogen-bond acceptors (Lipinski definition) is 0. The smallest absolute Gasteiger partial charge is 0.131 e. The third-order valence-electron chi connectivity index (χ3n) is 2.22. The minimum atomic E-state index is -0.967. The van der Waals surface area contributed by atoms with Crippen LogP contribution >= 0.6 is 0 Å². The van der Waals surface area contributed by atoms with E-state index in [0.29, 0.717) is 0 Å². The number of halogens is 1. The second kappa shape index (κ2) is 3.06. The van der Waals surface area contributed by atoms with Gasteiger partial charge in [-0.2, -0.15) is 0 Å². The molecule has 3 rings (SSSR count). The molecule has 72 valence electrons. The van der Waals surface area contributed by atoms with Crippen molar-refractivity contribution in [2.45, 2.75) is 0 Å². The van der Waals surface area contributed by atoms with Crippen LogP contribution in [0.3, 0.4) is 0 Å². The van der Waals surface area contributed by atoms with E-state index >= 15 is 0 Å². The number of rotatable bonds is 0. The van der Waals surface area contributed by atoms with E-state index in [9.17, 15) is 4.39 Å². The molecule has 0 aliphatic carbocycles. The first kappa shape index (κ1) is 3.93. The van der Waals surface area contributed by atoms with Gasteiger partial charge in [0.15, 0.2) is 0 Å². The molecule has 0 saturated heterocycles. The molecule has 3 aromatic carbocycles. The summed E-state index contributed by atoms with van der Waals surface area (Å²) in [6.45, 7) is 0. The van der Waals surface area contributed by atoms with Crippen LogP contribution in [-0.2, 0) is 0 Å². The Balaban J connectivity index is 2.64. The van der Waals surface area contributed by atoms with Gasteiger partial charge in [0.2, 0.25) is 0 Å². The standard InChI is InChI=1S/C14H9F/c15-14-7-3-6-12-8-10-4-1-2-5-11(10)9-13(12)14/h1-9H/i1D,2D,3D,4D,5D,6D,7D. The van der Waals surface area contributed by atoms with Crippen LogP contribution in [0.25, 0.3) is 21.5 Å². The van der Waals surface area contributed by atoms with Crippen LogP contribution in [-0.4, -0.2) is 0 Å². The second-order valence-electron chi connectivity index (χ2n) is 3.13. The average molecular weight is 203 g/mol. The average Bonchev–Trinajstić information content (AvgIpc) is 2.52. The van der Waals surface area contributed by atoms with Gasteiger partial charge in [0.05, 0.1) is 9.60 Å². The third kappa shape index (κ3) is 1.28. The van der Waals surface area contributed by atoms with E-state index in [1.54, 1.807) is 0 Å². The molecule has 0 radical (unpaired) electrons. The lowest BCUT2D eigenvalue weighted by molar-refractivity contribution is 0.640. The predicted molar refractivity (Wildman–Crippen MR) is 61.4 cm³/mol. The van der Waals surface area contributed by atoms with Crippen molar-refractivity contribution in [3.05, 3.63) is 60.2 Å². The van der Waals surface area contributed by atoms with E-state index in [0.717, 1.165) is 0 Å². The van der Waals surface area contributed by atoms with Gasteiger partial charge in [-0.3, -0.25) is 0 Å². The molecule has 3 aromatic rings. The van der Waals surface area contributed by atoms with Gasteiger partial charge in [-0.1, -0.05) is 36.3 Å². The molecule has 0 aliphatic rings. The van der Waals surface area contributed by atoms with Crippen molar-refractivity contribution in [1.82, 2.24) is 0 Å². The topological polar surface area (TPSA) is 0 Å². The van der Waals surface area contributed by atoms with Gasteiger partial charge in [-0.25, -0.2) is 4.39 Å². The summed E-state index contributed by atoms with van der Waals surface area (Å²) < 4.78 is 68.2. The second-order valence-corrected chi connectivity index (χ2v) is 3.13. The molecular formula is C14H9F. The first-order valence-electron chi connectivity index (χ1n) is 7.84. The van der Waals surface area contributed by atoms with Gasteiger partial charge in [-0.05, 0) is 34.3 Å². The Bertz CT molecular complexity index is 812. The van der Waals surface area contributed by atoms with Gasteiger partial charge in [0.1, 0.15) is 5.82 Å². The van der Waals surface area contributed by atoms with E-state index in [2.05, 4.69) is 0 Å². The zero-order valence-electron chi connectivity index (χ0n) is 14.5. The molecule has 0 bridgehead atoms. The molecule has 0 amide bonds. The lowest BCUT2D eigenvalue weighted by Gasteiger charge is -2.02. The summed E-state index contributed by atoms with van der Waals surface area (Å²) in [6.07, 6.45) is 0. The quantitative estimate of drug-likeness (QED) is 0.482.